The van der Waals surface area contributed by atoms with Crippen molar-refractivity contribution in [2.75, 3.05) is 19.6 Å². The van der Waals surface area contributed by atoms with Crippen molar-refractivity contribution in [3.63, 3.8) is 0 Å². The maximum atomic E-state index is 9.19. The Morgan fingerprint density at radius 3 is 2.25 bits per heavy atom. The van der Waals surface area contributed by atoms with E-state index in [2.05, 4.69) is 18.7 Å². The minimum Gasteiger partial charge on any atom is -0.392 e. The van der Waals surface area contributed by atoms with Gasteiger partial charge >= 0.3 is 0 Å². The summed E-state index contributed by atoms with van der Waals surface area (Å²) in [5.74, 6) is 0. The van der Waals surface area contributed by atoms with Crippen LogP contribution in [-0.2, 0) is 0 Å². The number of hydrogen-bond acceptors (Lipinski definition) is 2. The van der Waals surface area contributed by atoms with Crippen molar-refractivity contribution in [2.45, 2.75) is 39.7 Å². The Kier molecular flexibility index (Phi) is 3.13. The number of hydrogen-bond donors (Lipinski definition) is 1. The zero-order valence-corrected chi connectivity index (χ0v) is 8.51. The second kappa shape index (κ2) is 3.75. The van der Waals surface area contributed by atoms with Gasteiger partial charge in [-0.15, -0.1) is 0 Å². The molecule has 1 atom stereocenters. The number of nitrogens with zero attached hydrogens (tertiary/aromatic N) is 1. The molecule has 12 heavy (non-hydrogen) atoms. The molecule has 72 valence electrons. The van der Waals surface area contributed by atoms with E-state index in [0.717, 1.165) is 19.6 Å². The van der Waals surface area contributed by atoms with E-state index in [4.69, 9.17) is 0 Å². The summed E-state index contributed by atoms with van der Waals surface area (Å²) < 4.78 is 0. The maximum Gasteiger partial charge on any atom is 0.0639 e. The van der Waals surface area contributed by atoms with Gasteiger partial charge in [-0.3, -0.25) is 0 Å². The summed E-state index contributed by atoms with van der Waals surface area (Å²) in [7, 11) is 0. The number of rotatable bonds is 2. The smallest absolute Gasteiger partial charge is 0.0639 e. The SMILES string of the molecule is CC(O)CN1CCC(C)(C)CC1. The Labute approximate surface area is 75.6 Å². The van der Waals surface area contributed by atoms with E-state index < -0.39 is 0 Å². The quantitative estimate of drug-likeness (QED) is 0.680. The molecule has 1 rings (SSSR count). The molecule has 1 heterocycles. The molecule has 2 heteroatoms. The van der Waals surface area contributed by atoms with Gasteiger partial charge in [-0.05, 0) is 38.3 Å². The van der Waals surface area contributed by atoms with E-state index in [0.29, 0.717) is 5.41 Å². The first-order chi connectivity index (χ1) is 5.49. The molecule has 0 radical (unpaired) electrons. The van der Waals surface area contributed by atoms with Crippen LogP contribution in [0.25, 0.3) is 0 Å². The van der Waals surface area contributed by atoms with Crippen molar-refractivity contribution >= 4 is 0 Å². The number of piperidine rings is 1. The monoisotopic (exact) mass is 171 g/mol. The molecule has 0 aromatic heterocycles. The summed E-state index contributed by atoms with van der Waals surface area (Å²) in [6, 6.07) is 0. The van der Waals surface area contributed by atoms with E-state index >= 15 is 0 Å². The molecule has 1 aliphatic heterocycles. The summed E-state index contributed by atoms with van der Waals surface area (Å²) in [5.41, 5.74) is 0.523. The summed E-state index contributed by atoms with van der Waals surface area (Å²) in [6.07, 6.45) is 2.35. The van der Waals surface area contributed by atoms with Crippen molar-refractivity contribution in [1.82, 2.24) is 4.90 Å². The molecule has 1 N–H and O–H groups in total. The zero-order valence-electron chi connectivity index (χ0n) is 8.51. The third kappa shape index (κ3) is 3.11. The highest BCUT2D eigenvalue weighted by molar-refractivity contribution is 4.78. The van der Waals surface area contributed by atoms with E-state index in [1.165, 1.54) is 12.8 Å². The first-order valence-corrected chi connectivity index (χ1v) is 4.90. The van der Waals surface area contributed by atoms with Gasteiger partial charge in [-0.2, -0.15) is 0 Å². The van der Waals surface area contributed by atoms with Crippen LogP contribution in [0.4, 0.5) is 0 Å². The molecule has 0 spiro atoms. The Morgan fingerprint density at radius 1 is 1.33 bits per heavy atom. The van der Waals surface area contributed by atoms with Gasteiger partial charge in [0.05, 0.1) is 6.10 Å². The fourth-order valence-corrected chi connectivity index (χ4v) is 1.71. The first-order valence-electron chi connectivity index (χ1n) is 4.90. The largest absolute Gasteiger partial charge is 0.392 e. The maximum absolute atomic E-state index is 9.19. The molecule has 1 aliphatic rings. The van der Waals surface area contributed by atoms with E-state index in [9.17, 15) is 5.11 Å². The topological polar surface area (TPSA) is 23.5 Å². The number of aliphatic hydroxyl groups is 1. The predicted molar refractivity (Wildman–Crippen MR) is 51.1 cm³/mol. The summed E-state index contributed by atoms with van der Waals surface area (Å²) in [4.78, 5) is 2.36. The van der Waals surface area contributed by atoms with Gasteiger partial charge in [-0.1, -0.05) is 13.8 Å². The standard InChI is InChI=1S/C10H21NO/c1-9(12)8-11-6-4-10(2,3)5-7-11/h9,12H,4-8H2,1-3H3. The van der Waals surface area contributed by atoms with E-state index in [1.807, 2.05) is 6.92 Å². The van der Waals surface area contributed by atoms with Crippen LogP contribution in [0.15, 0.2) is 0 Å². The fraction of sp³-hybridized carbons (Fsp3) is 1.00. The third-order valence-corrected chi connectivity index (χ3v) is 2.73. The van der Waals surface area contributed by atoms with Gasteiger partial charge < -0.3 is 10.0 Å². The lowest BCUT2D eigenvalue weighted by Gasteiger charge is -2.37. The van der Waals surface area contributed by atoms with Gasteiger partial charge in [-0.25, -0.2) is 0 Å². The van der Waals surface area contributed by atoms with Crippen LogP contribution in [0.1, 0.15) is 33.6 Å². The number of likely N-dealkylation sites (tertiary alicyclic amines) is 1. The molecule has 1 saturated heterocycles. The van der Waals surface area contributed by atoms with Crippen molar-refractivity contribution in [3.05, 3.63) is 0 Å². The van der Waals surface area contributed by atoms with Crippen LogP contribution in [0.5, 0.6) is 0 Å². The molecule has 2 nitrogen and oxygen atoms in total. The average Bonchev–Trinajstić information content (AvgIpc) is 1.93. The van der Waals surface area contributed by atoms with Crippen LogP contribution in [0.3, 0.4) is 0 Å². The van der Waals surface area contributed by atoms with E-state index in [-0.39, 0.29) is 6.10 Å². The molecule has 0 aliphatic carbocycles. The number of aliphatic hydroxyl groups excluding tert-OH is 1. The highest BCUT2D eigenvalue weighted by Crippen LogP contribution is 2.29. The lowest BCUT2D eigenvalue weighted by Crippen LogP contribution is -2.40. The lowest BCUT2D eigenvalue weighted by atomic mass is 9.82. The molecule has 0 aromatic rings. The highest BCUT2D eigenvalue weighted by atomic mass is 16.3. The van der Waals surface area contributed by atoms with Crippen molar-refractivity contribution in [3.8, 4) is 0 Å². The predicted octanol–water partition coefficient (Wildman–Crippen LogP) is 1.49. The van der Waals surface area contributed by atoms with Crippen LogP contribution < -0.4 is 0 Å². The summed E-state index contributed by atoms with van der Waals surface area (Å²) in [5, 5.41) is 9.19. The van der Waals surface area contributed by atoms with Crippen molar-refractivity contribution in [1.29, 1.82) is 0 Å². The summed E-state index contributed by atoms with van der Waals surface area (Å²) in [6.45, 7) is 9.66. The molecule has 0 saturated carbocycles. The average molecular weight is 171 g/mol. The Hall–Kier alpha value is -0.0800. The Balaban J connectivity index is 2.27. The first kappa shape index (κ1) is 10.0. The van der Waals surface area contributed by atoms with Crippen molar-refractivity contribution < 1.29 is 5.11 Å². The second-order valence-electron chi connectivity index (χ2n) is 4.81. The third-order valence-electron chi connectivity index (χ3n) is 2.73. The van der Waals surface area contributed by atoms with Crippen molar-refractivity contribution in [2.24, 2.45) is 5.41 Å². The minimum atomic E-state index is -0.175. The minimum absolute atomic E-state index is 0.175. The molecular weight excluding hydrogens is 150 g/mol. The van der Waals surface area contributed by atoms with Crippen LogP contribution in [0.2, 0.25) is 0 Å². The van der Waals surface area contributed by atoms with Gasteiger partial charge in [0.25, 0.3) is 0 Å². The lowest BCUT2D eigenvalue weighted by molar-refractivity contribution is 0.0787. The molecule has 1 unspecified atom stereocenters. The summed E-state index contributed by atoms with van der Waals surface area (Å²) >= 11 is 0. The van der Waals surface area contributed by atoms with Gasteiger partial charge in [0.2, 0.25) is 0 Å². The Bertz CT molecular complexity index is 133. The van der Waals surface area contributed by atoms with Crippen LogP contribution in [-0.4, -0.2) is 35.7 Å². The van der Waals surface area contributed by atoms with Gasteiger partial charge in [0.1, 0.15) is 0 Å². The molecule has 0 amide bonds. The van der Waals surface area contributed by atoms with Crippen LogP contribution in [0, 0.1) is 5.41 Å². The molecule has 0 bridgehead atoms. The molecular formula is C10H21NO. The van der Waals surface area contributed by atoms with Gasteiger partial charge in [0.15, 0.2) is 0 Å². The van der Waals surface area contributed by atoms with E-state index in [1.54, 1.807) is 0 Å². The number of β-amino-alcohol motifs (C(OH)–C–C–N with tert-alkyl or cyclic N) is 1. The second-order valence-corrected chi connectivity index (χ2v) is 4.81. The zero-order chi connectivity index (χ0) is 9.19. The van der Waals surface area contributed by atoms with Crippen LogP contribution >= 0.6 is 0 Å². The molecule has 1 fully saturated rings. The normalized spacial score (nSPS) is 27.0. The highest BCUT2D eigenvalue weighted by Gasteiger charge is 2.25. The van der Waals surface area contributed by atoms with Gasteiger partial charge in [0, 0.05) is 6.54 Å². The molecule has 0 aromatic carbocycles. The fourth-order valence-electron chi connectivity index (χ4n) is 1.71. The Morgan fingerprint density at radius 2 is 1.83 bits per heavy atom.